The Morgan fingerprint density at radius 2 is 2.09 bits per heavy atom. The standard InChI is InChI=1S/C15H15BrN2O4/c1-2-4-12(15(19)20)17-14-10-5-3-6-11(16)9(10)7-8-13(14)18(21)22/h3,5-8,12,17H,2,4H2,1H3,(H,19,20). The molecule has 0 aromatic heterocycles. The van der Waals surface area contributed by atoms with Crippen molar-refractivity contribution in [2.24, 2.45) is 0 Å². The smallest absolute Gasteiger partial charge is 0.326 e. The summed E-state index contributed by atoms with van der Waals surface area (Å²) in [6.07, 6.45) is 1.04. The molecule has 0 saturated carbocycles. The summed E-state index contributed by atoms with van der Waals surface area (Å²) in [4.78, 5) is 22.1. The van der Waals surface area contributed by atoms with Gasteiger partial charge in [-0.3, -0.25) is 10.1 Å². The molecule has 6 nitrogen and oxygen atoms in total. The molecule has 0 aliphatic carbocycles. The van der Waals surface area contributed by atoms with Crippen LogP contribution in [0.25, 0.3) is 10.8 Å². The van der Waals surface area contributed by atoms with Crippen molar-refractivity contribution in [3.05, 3.63) is 44.9 Å². The van der Waals surface area contributed by atoms with Gasteiger partial charge in [0.15, 0.2) is 0 Å². The van der Waals surface area contributed by atoms with Crippen molar-refractivity contribution < 1.29 is 14.8 Å². The van der Waals surface area contributed by atoms with Crippen LogP contribution in [0.1, 0.15) is 19.8 Å². The number of carboxylic acid groups (broad SMARTS) is 1. The SMILES string of the molecule is CCCC(Nc1c([N+](=O)[O-])ccc2c(Br)cccc12)C(=O)O. The van der Waals surface area contributed by atoms with Crippen molar-refractivity contribution in [2.75, 3.05) is 5.32 Å². The molecule has 0 bridgehead atoms. The van der Waals surface area contributed by atoms with Gasteiger partial charge >= 0.3 is 5.97 Å². The Labute approximate surface area is 135 Å². The fourth-order valence-corrected chi connectivity index (χ4v) is 2.83. The Hall–Kier alpha value is -2.15. The Morgan fingerprint density at radius 3 is 2.68 bits per heavy atom. The summed E-state index contributed by atoms with van der Waals surface area (Å²) in [6, 6.07) is 7.50. The zero-order valence-electron chi connectivity index (χ0n) is 11.9. The van der Waals surface area contributed by atoms with Gasteiger partial charge in [-0.05, 0) is 23.9 Å². The van der Waals surface area contributed by atoms with E-state index in [1.807, 2.05) is 13.0 Å². The number of rotatable bonds is 6. The quantitative estimate of drug-likeness (QED) is 0.590. The van der Waals surface area contributed by atoms with Gasteiger partial charge in [0.1, 0.15) is 11.7 Å². The topological polar surface area (TPSA) is 92.5 Å². The first-order chi connectivity index (χ1) is 10.5. The Morgan fingerprint density at radius 1 is 1.36 bits per heavy atom. The second-order valence-corrected chi connectivity index (χ2v) is 5.73. The van der Waals surface area contributed by atoms with Crippen molar-refractivity contribution in [2.45, 2.75) is 25.8 Å². The molecule has 2 rings (SSSR count). The van der Waals surface area contributed by atoms with Crippen LogP contribution in [0, 0.1) is 10.1 Å². The predicted molar refractivity (Wildman–Crippen MR) is 88.3 cm³/mol. The van der Waals surface area contributed by atoms with E-state index >= 15 is 0 Å². The fraction of sp³-hybridized carbons (Fsp3) is 0.267. The van der Waals surface area contributed by atoms with Crippen LogP contribution in [0.4, 0.5) is 11.4 Å². The van der Waals surface area contributed by atoms with Crippen LogP contribution >= 0.6 is 15.9 Å². The number of nitro groups is 1. The van der Waals surface area contributed by atoms with Crippen molar-refractivity contribution in [1.82, 2.24) is 0 Å². The second kappa shape index (κ2) is 6.74. The molecular formula is C15H15BrN2O4. The largest absolute Gasteiger partial charge is 0.480 e. The van der Waals surface area contributed by atoms with E-state index in [1.165, 1.54) is 6.07 Å². The third-order valence-electron chi connectivity index (χ3n) is 3.38. The molecule has 2 N–H and O–H groups in total. The number of carbonyl (C=O) groups is 1. The summed E-state index contributed by atoms with van der Waals surface area (Å²) < 4.78 is 0.797. The van der Waals surface area contributed by atoms with Gasteiger partial charge in [0.25, 0.3) is 5.69 Å². The molecule has 0 heterocycles. The van der Waals surface area contributed by atoms with Gasteiger partial charge in [-0.15, -0.1) is 0 Å². The number of hydrogen-bond acceptors (Lipinski definition) is 4. The van der Waals surface area contributed by atoms with Crippen molar-refractivity contribution in [3.63, 3.8) is 0 Å². The minimum atomic E-state index is -1.02. The number of nitro benzene ring substituents is 1. The molecule has 22 heavy (non-hydrogen) atoms. The highest BCUT2D eigenvalue weighted by atomic mass is 79.9. The summed E-state index contributed by atoms with van der Waals surface area (Å²) in [5.74, 6) is -1.02. The van der Waals surface area contributed by atoms with E-state index in [0.29, 0.717) is 18.2 Å². The minimum Gasteiger partial charge on any atom is -0.480 e. The first-order valence-corrected chi connectivity index (χ1v) is 7.60. The van der Waals surface area contributed by atoms with E-state index < -0.39 is 16.9 Å². The van der Waals surface area contributed by atoms with E-state index in [-0.39, 0.29) is 11.4 Å². The van der Waals surface area contributed by atoms with Gasteiger partial charge in [-0.2, -0.15) is 0 Å². The second-order valence-electron chi connectivity index (χ2n) is 4.88. The van der Waals surface area contributed by atoms with E-state index in [0.717, 1.165) is 9.86 Å². The lowest BCUT2D eigenvalue weighted by Gasteiger charge is -2.17. The minimum absolute atomic E-state index is 0.132. The van der Waals surface area contributed by atoms with Crippen LogP contribution in [-0.4, -0.2) is 22.0 Å². The molecule has 116 valence electrons. The Bertz CT molecular complexity index is 733. The summed E-state index contributed by atoms with van der Waals surface area (Å²) >= 11 is 3.40. The van der Waals surface area contributed by atoms with Crippen LogP contribution in [-0.2, 0) is 4.79 Å². The number of carboxylic acids is 1. The molecular weight excluding hydrogens is 352 g/mol. The van der Waals surface area contributed by atoms with Gasteiger partial charge in [-0.25, -0.2) is 4.79 Å². The average molecular weight is 367 g/mol. The maximum atomic E-state index is 11.3. The van der Waals surface area contributed by atoms with Crippen molar-refractivity contribution in [1.29, 1.82) is 0 Å². The summed E-state index contributed by atoms with van der Waals surface area (Å²) in [6.45, 7) is 1.87. The van der Waals surface area contributed by atoms with Gasteiger partial charge in [0, 0.05) is 15.9 Å². The third-order valence-corrected chi connectivity index (χ3v) is 4.07. The van der Waals surface area contributed by atoms with Crippen LogP contribution < -0.4 is 5.32 Å². The molecule has 1 atom stereocenters. The number of fused-ring (bicyclic) bond motifs is 1. The number of halogens is 1. The molecule has 2 aromatic carbocycles. The molecule has 0 spiro atoms. The van der Waals surface area contributed by atoms with E-state index in [1.54, 1.807) is 18.2 Å². The number of nitrogens with zero attached hydrogens (tertiary/aromatic N) is 1. The third kappa shape index (κ3) is 3.19. The Kier molecular flexibility index (Phi) is 4.97. The fourth-order valence-electron chi connectivity index (χ4n) is 2.33. The number of anilines is 1. The Balaban J connectivity index is 2.62. The van der Waals surface area contributed by atoms with E-state index in [4.69, 9.17) is 0 Å². The lowest BCUT2D eigenvalue weighted by atomic mass is 10.1. The summed E-state index contributed by atoms with van der Waals surface area (Å²) in [7, 11) is 0. The lowest BCUT2D eigenvalue weighted by Crippen LogP contribution is -2.29. The molecule has 0 radical (unpaired) electrons. The maximum absolute atomic E-state index is 11.3. The van der Waals surface area contributed by atoms with Crippen LogP contribution in [0.2, 0.25) is 0 Å². The number of nitrogens with one attached hydrogen (secondary N) is 1. The van der Waals surface area contributed by atoms with Gasteiger partial charge in [0.05, 0.1) is 4.92 Å². The number of aliphatic carboxylic acids is 1. The van der Waals surface area contributed by atoms with Crippen LogP contribution in [0.5, 0.6) is 0 Å². The van der Waals surface area contributed by atoms with Crippen LogP contribution in [0.3, 0.4) is 0 Å². The van der Waals surface area contributed by atoms with Gasteiger partial charge in [0.2, 0.25) is 0 Å². The first kappa shape index (κ1) is 16.2. The van der Waals surface area contributed by atoms with Gasteiger partial charge < -0.3 is 10.4 Å². The maximum Gasteiger partial charge on any atom is 0.326 e. The van der Waals surface area contributed by atoms with E-state index in [9.17, 15) is 20.0 Å². The zero-order valence-corrected chi connectivity index (χ0v) is 13.5. The lowest BCUT2D eigenvalue weighted by molar-refractivity contribution is -0.383. The highest BCUT2D eigenvalue weighted by Gasteiger charge is 2.23. The summed E-state index contributed by atoms with van der Waals surface area (Å²) in [5.41, 5.74) is 0.109. The highest BCUT2D eigenvalue weighted by molar-refractivity contribution is 9.10. The number of benzene rings is 2. The average Bonchev–Trinajstić information content (AvgIpc) is 2.47. The molecule has 0 aliphatic rings. The molecule has 7 heteroatoms. The van der Waals surface area contributed by atoms with Gasteiger partial charge in [-0.1, -0.05) is 41.4 Å². The molecule has 0 saturated heterocycles. The number of hydrogen-bond donors (Lipinski definition) is 2. The molecule has 1 unspecified atom stereocenters. The highest BCUT2D eigenvalue weighted by Crippen LogP contribution is 2.36. The first-order valence-electron chi connectivity index (χ1n) is 6.80. The molecule has 0 fully saturated rings. The zero-order chi connectivity index (χ0) is 16.3. The summed E-state index contributed by atoms with van der Waals surface area (Å²) in [5, 5.41) is 24.8. The molecule has 0 amide bonds. The molecule has 2 aromatic rings. The van der Waals surface area contributed by atoms with E-state index in [2.05, 4.69) is 21.2 Å². The normalized spacial score (nSPS) is 12.1. The molecule has 0 aliphatic heterocycles. The van der Waals surface area contributed by atoms with Crippen molar-refractivity contribution in [3.8, 4) is 0 Å². The van der Waals surface area contributed by atoms with Crippen molar-refractivity contribution >= 4 is 44.0 Å². The predicted octanol–water partition coefficient (Wildman–Crippen LogP) is 4.18. The monoisotopic (exact) mass is 366 g/mol. The van der Waals surface area contributed by atoms with Crippen LogP contribution in [0.15, 0.2) is 34.8 Å².